The van der Waals surface area contributed by atoms with E-state index in [-0.39, 0.29) is 24.9 Å². The van der Waals surface area contributed by atoms with Crippen molar-refractivity contribution in [2.75, 3.05) is 12.1 Å². The molecule has 3 aromatic rings. The normalized spacial score (nSPS) is 12.0. The van der Waals surface area contributed by atoms with Gasteiger partial charge in [0.15, 0.2) is 17.2 Å². The van der Waals surface area contributed by atoms with E-state index in [2.05, 4.69) is 20.9 Å². The molecule has 2 amide bonds. The molecule has 0 saturated heterocycles. The summed E-state index contributed by atoms with van der Waals surface area (Å²) in [5.74, 6) is 0.662. The van der Waals surface area contributed by atoms with Gasteiger partial charge in [-0.2, -0.15) is 0 Å². The highest BCUT2D eigenvalue weighted by Crippen LogP contribution is 2.32. The van der Waals surface area contributed by atoms with Crippen molar-refractivity contribution in [3.05, 3.63) is 63.9 Å². The first kappa shape index (κ1) is 20.7. The van der Waals surface area contributed by atoms with Crippen molar-refractivity contribution in [2.45, 2.75) is 26.9 Å². The minimum atomic E-state index is -0.421. The Bertz CT molecular complexity index is 1160. The maximum atomic E-state index is 12.6. The number of nitrogens with zero attached hydrogens (tertiary/aromatic N) is 3. The number of nitrogens with one attached hydrogen (secondary N) is 2. The molecule has 1 aliphatic rings. The fourth-order valence-electron chi connectivity index (χ4n) is 3.09. The number of carbonyl (C=O) groups is 2. The Kier molecular flexibility index (Phi) is 5.77. The van der Waals surface area contributed by atoms with Gasteiger partial charge in [0.25, 0.3) is 5.91 Å². The summed E-state index contributed by atoms with van der Waals surface area (Å²) in [7, 11) is 0. The van der Waals surface area contributed by atoms with E-state index < -0.39 is 5.91 Å². The van der Waals surface area contributed by atoms with E-state index in [0.717, 1.165) is 11.1 Å². The Hall–Kier alpha value is -3.59. The smallest absolute Gasteiger partial charge is 0.278 e. The SMILES string of the molecule is Cc1c(Cl)cccc1NC(=O)c1nnn(CC(=O)NCc2ccc3c(c2)OCO3)c1C. The van der Waals surface area contributed by atoms with Gasteiger partial charge in [0, 0.05) is 17.3 Å². The minimum Gasteiger partial charge on any atom is -0.454 e. The van der Waals surface area contributed by atoms with Crippen LogP contribution in [0.1, 0.15) is 27.3 Å². The summed E-state index contributed by atoms with van der Waals surface area (Å²) in [6.45, 7) is 3.96. The lowest BCUT2D eigenvalue weighted by molar-refractivity contribution is -0.122. The molecule has 2 aromatic carbocycles. The number of rotatable bonds is 6. The average molecular weight is 442 g/mol. The molecule has 0 saturated carbocycles. The van der Waals surface area contributed by atoms with Crippen molar-refractivity contribution >= 4 is 29.1 Å². The first-order valence-electron chi connectivity index (χ1n) is 9.54. The molecule has 0 aliphatic carbocycles. The number of anilines is 1. The van der Waals surface area contributed by atoms with E-state index in [4.69, 9.17) is 21.1 Å². The number of carbonyl (C=O) groups excluding carboxylic acids is 2. The van der Waals surface area contributed by atoms with Gasteiger partial charge in [-0.15, -0.1) is 5.10 Å². The number of hydrogen-bond donors (Lipinski definition) is 2. The molecule has 9 nitrogen and oxygen atoms in total. The highest BCUT2D eigenvalue weighted by Gasteiger charge is 2.19. The third-order valence-electron chi connectivity index (χ3n) is 4.93. The number of fused-ring (bicyclic) bond motifs is 1. The van der Waals surface area contributed by atoms with Crippen molar-refractivity contribution in [3.8, 4) is 11.5 Å². The van der Waals surface area contributed by atoms with Gasteiger partial charge in [-0.1, -0.05) is 28.9 Å². The second-order valence-corrected chi connectivity index (χ2v) is 7.42. The Morgan fingerprint density at radius 2 is 1.97 bits per heavy atom. The van der Waals surface area contributed by atoms with E-state index >= 15 is 0 Å². The molecular weight excluding hydrogens is 422 g/mol. The molecule has 2 heterocycles. The molecule has 1 aromatic heterocycles. The van der Waals surface area contributed by atoms with Crippen molar-refractivity contribution in [3.63, 3.8) is 0 Å². The van der Waals surface area contributed by atoms with Gasteiger partial charge < -0.3 is 20.1 Å². The van der Waals surface area contributed by atoms with Gasteiger partial charge in [-0.25, -0.2) is 4.68 Å². The fraction of sp³-hybridized carbons (Fsp3) is 0.238. The quantitative estimate of drug-likeness (QED) is 0.609. The highest BCUT2D eigenvalue weighted by molar-refractivity contribution is 6.31. The fourth-order valence-corrected chi connectivity index (χ4v) is 3.26. The summed E-state index contributed by atoms with van der Waals surface area (Å²) in [4.78, 5) is 25.0. The monoisotopic (exact) mass is 441 g/mol. The number of aromatic nitrogens is 3. The molecule has 4 rings (SSSR count). The van der Waals surface area contributed by atoms with Crippen LogP contribution in [0.5, 0.6) is 11.5 Å². The van der Waals surface area contributed by atoms with Crippen molar-refractivity contribution in [1.82, 2.24) is 20.3 Å². The molecule has 0 unspecified atom stereocenters. The standard InChI is InChI=1S/C21H20ClN5O4/c1-12-15(22)4-3-5-16(12)24-21(29)20-13(2)27(26-25-20)10-19(28)23-9-14-6-7-17-18(8-14)31-11-30-17/h3-8H,9-11H2,1-2H3,(H,23,28)(H,24,29). The summed E-state index contributed by atoms with van der Waals surface area (Å²) in [5.41, 5.74) is 2.85. The summed E-state index contributed by atoms with van der Waals surface area (Å²) in [5, 5.41) is 14.0. The Labute approximate surface area is 183 Å². The van der Waals surface area contributed by atoms with E-state index in [1.807, 2.05) is 19.1 Å². The second kappa shape index (κ2) is 8.65. The largest absolute Gasteiger partial charge is 0.454 e. The minimum absolute atomic E-state index is 0.0626. The molecule has 0 bridgehead atoms. The van der Waals surface area contributed by atoms with Crippen LogP contribution in [-0.2, 0) is 17.9 Å². The number of halogens is 1. The van der Waals surface area contributed by atoms with Crippen molar-refractivity contribution < 1.29 is 19.1 Å². The highest BCUT2D eigenvalue weighted by atomic mass is 35.5. The molecule has 0 radical (unpaired) electrons. The third-order valence-corrected chi connectivity index (χ3v) is 5.34. The van der Waals surface area contributed by atoms with Crippen LogP contribution in [0.4, 0.5) is 5.69 Å². The van der Waals surface area contributed by atoms with Gasteiger partial charge in [-0.05, 0) is 49.2 Å². The average Bonchev–Trinajstić information content (AvgIpc) is 3.36. The molecule has 10 heteroatoms. The predicted molar refractivity (Wildman–Crippen MR) is 113 cm³/mol. The van der Waals surface area contributed by atoms with Crippen LogP contribution >= 0.6 is 11.6 Å². The van der Waals surface area contributed by atoms with E-state index in [1.54, 1.807) is 31.2 Å². The van der Waals surface area contributed by atoms with E-state index in [1.165, 1.54) is 4.68 Å². The van der Waals surface area contributed by atoms with Crippen LogP contribution in [0, 0.1) is 13.8 Å². The number of ether oxygens (including phenoxy) is 2. The van der Waals surface area contributed by atoms with Gasteiger partial charge in [0.1, 0.15) is 6.54 Å². The van der Waals surface area contributed by atoms with Gasteiger partial charge in [0.05, 0.1) is 5.69 Å². The zero-order valence-corrected chi connectivity index (χ0v) is 17.7. The van der Waals surface area contributed by atoms with Gasteiger partial charge in [0.2, 0.25) is 12.7 Å². The van der Waals surface area contributed by atoms with Crippen LogP contribution in [0.15, 0.2) is 36.4 Å². The number of benzene rings is 2. The molecule has 0 fully saturated rings. The van der Waals surface area contributed by atoms with E-state index in [0.29, 0.717) is 34.4 Å². The maximum absolute atomic E-state index is 12.6. The molecular formula is C21H20ClN5O4. The number of amides is 2. The zero-order chi connectivity index (χ0) is 22.0. The molecule has 31 heavy (non-hydrogen) atoms. The Morgan fingerprint density at radius 3 is 2.81 bits per heavy atom. The molecule has 0 spiro atoms. The van der Waals surface area contributed by atoms with Gasteiger partial charge in [-0.3, -0.25) is 9.59 Å². The van der Waals surface area contributed by atoms with Crippen LogP contribution in [0.3, 0.4) is 0 Å². The second-order valence-electron chi connectivity index (χ2n) is 7.01. The third kappa shape index (κ3) is 4.46. The molecule has 0 atom stereocenters. The van der Waals surface area contributed by atoms with Crippen LogP contribution < -0.4 is 20.1 Å². The zero-order valence-electron chi connectivity index (χ0n) is 16.9. The molecule has 160 valence electrons. The summed E-state index contributed by atoms with van der Waals surface area (Å²) in [6.07, 6.45) is 0. The molecule has 2 N–H and O–H groups in total. The van der Waals surface area contributed by atoms with Crippen molar-refractivity contribution in [2.24, 2.45) is 0 Å². The lowest BCUT2D eigenvalue weighted by atomic mass is 10.2. The van der Waals surface area contributed by atoms with E-state index in [9.17, 15) is 9.59 Å². The number of hydrogen-bond acceptors (Lipinski definition) is 6. The summed E-state index contributed by atoms with van der Waals surface area (Å²) < 4.78 is 12.0. The van der Waals surface area contributed by atoms with Crippen molar-refractivity contribution in [1.29, 1.82) is 0 Å². The first-order chi connectivity index (χ1) is 14.9. The summed E-state index contributed by atoms with van der Waals surface area (Å²) >= 11 is 6.10. The Morgan fingerprint density at radius 1 is 1.16 bits per heavy atom. The maximum Gasteiger partial charge on any atom is 0.278 e. The van der Waals surface area contributed by atoms with Crippen LogP contribution in [0.2, 0.25) is 5.02 Å². The lowest BCUT2D eigenvalue weighted by Crippen LogP contribution is -2.28. The topological polar surface area (TPSA) is 107 Å². The lowest BCUT2D eigenvalue weighted by Gasteiger charge is -2.09. The van der Waals surface area contributed by atoms with Crippen LogP contribution in [-0.4, -0.2) is 33.6 Å². The predicted octanol–water partition coefficient (Wildman–Crippen LogP) is 2.85. The summed E-state index contributed by atoms with van der Waals surface area (Å²) in [6, 6.07) is 10.7. The Balaban J connectivity index is 1.37. The molecule has 1 aliphatic heterocycles. The van der Waals surface area contributed by atoms with Gasteiger partial charge >= 0.3 is 0 Å². The van der Waals surface area contributed by atoms with Crippen LogP contribution in [0.25, 0.3) is 0 Å². The first-order valence-corrected chi connectivity index (χ1v) is 9.92.